The van der Waals surface area contributed by atoms with Gasteiger partial charge in [-0.25, -0.2) is 9.97 Å². The first-order valence-corrected chi connectivity index (χ1v) is 8.85. The maximum atomic E-state index is 4.52. The van der Waals surface area contributed by atoms with E-state index < -0.39 is 0 Å². The Kier molecular flexibility index (Phi) is 4.21. The van der Waals surface area contributed by atoms with Crippen LogP contribution < -0.4 is 15.1 Å². The maximum Gasteiger partial charge on any atom is 0.138 e. The third-order valence-corrected chi connectivity index (χ3v) is 4.76. The van der Waals surface area contributed by atoms with Crippen molar-refractivity contribution in [1.29, 1.82) is 0 Å². The van der Waals surface area contributed by atoms with Crippen molar-refractivity contribution in [3.63, 3.8) is 0 Å². The first-order chi connectivity index (χ1) is 12.6. The summed E-state index contributed by atoms with van der Waals surface area (Å²) < 4.78 is 0. The van der Waals surface area contributed by atoms with Gasteiger partial charge in [-0.3, -0.25) is 0 Å². The molecule has 4 rings (SSSR count). The molecule has 0 aliphatic carbocycles. The molecular weight excluding hydrogens is 322 g/mol. The summed E-state index contributed by atoms with van der Waals surface area (Å²) in [5.74, 6) is 1.72. The molecule has 3 aromatic rings. The van der Waals surface area contributed by atoms with Gasteiger partial charge in [-0.15, -0.1) is 0 Å². The van der Waals surface area contributed by atoms with Crippen molar-refractivity contribution in [2.75, 3.05) is 29.2 Å². The van der Waals surface area contributed by atoms with Crippen LogP contribution in [0.5, 0.6) is 0 Å². The van der Waals surface area contributed by atoms with E-state index in [1.807, 2.05) is 20.2 Å². The van der Waals surface area contributed by atoms with Crippen LogP contribution in [-0.2, 0) is 6.42 Å². The van der Waals surface area contributed by atoms with E-state index in [2.05, 4.69) is 80.5 Å². The molecule has 1 aliphatic heterocycles. The predicted molar refractivity (Wildman–Crippen MR) is 108 cm³/mol. The van der Waals surface area contributed by atoms with E-state index in [0.29, 0.717) is 6.04 Å². The van der Waals surface area contributed by atoms with E-state index >= 15 is 0 Å². The lowest BCUT2D eigenvalue weighted by Crippen LogP contribution is -2.24. The minimum Gasteiger partial charge on any atom is -0.378 e. The van der Waals surface area contributed by atoms with E-state index in [-0.39, 0.29) is 0 Å². The number of fused-ring (bicyclic) bond motifs is 1. The number of aromatic nitrogens is 2. The number of nitrogens with one attached hydrogen (secondary N) is 1. The summed E-state index contributed by atoms with van der Waals surface area (Å²) in [7, 11) is 4.07. The van der Waals surface area contributed by atoms with Crippen molar-refractivity contribution in [2.24, 2.45) is 0 Å². The monoisotopic (exact) mass is 345 g/mol. The molecule has 5 heteroatoms. The Hall–Kier alpha value is -3.08. The zero-order valence-corrected chi connectivity index (χ0v) is 15.3. The zero-order chi connectivity index (χ0) is 18.1. The normalized spacial score (nSPS) is 15.7. The highest BCUT2D eigenvalue weighted by Gasteiger charge is 2.27. The largest absolute Gasteiger partial charge is 0.378 e. The Morgan fingerprint density at radius 1 is 1.04 bits per heavy atom. The second kappa shape index (κ2) is 6.67. The topological polar surface area (TPSA) is 44.3 Å². The standard InChI is InChI=1S/C21H23N5/c1-15-12-16-6-4-5-7-19(16)26(15)21-13-20(22-14-23-21)24-17-8-10-18(11-9-17)25(2)3/h4-11,13-15H,12H2,1-3H3,(H,22,23,24). The Morgan fingerprint density at radius 2 is 1.81 bits per heavy atom. The van der Waals surface area contributed by atoms with Crippen LogP contribution in [0.1, 0.15) is 12.5 Å². The van der Waals surface area contributed by atoms with E-state index in [1.165, 1.54) is 16.9 Å². The molecule has 1 aliphatic rings. The van der Waals surface area contributed by atoms with Crippen LogP contribution in [0.4, 0.5) is 28.7 Å². The minimum absolute atomic E-state index is 0.384. The predicted octanol–water partition coefficient (Wildman–Crippen LogP) is 4.37. The van der Waals surface area contributed by atoms with Gasteiger partial charge in [0.2, 0.25) is 0 Å². The van der Waals surface area contributed by atoms with Crippen molar-refractivity contribution in [1.82, 2.24) is 9.97 Å². The fourth-order valence-electron chi connectivity index (χ4n) is 3.45. The van der Waals surface area contributed by atoms with Crippen molar-refractivity contribution in [3.8, 4) is 0 Å². The summed E-state index contributed by atoms with van der Waals surface area (Å²) >= 11 is 0. The van der Waals surface area contributed by atoms with Gasteiger partial charge in [0.1, 0.15) is 18.0 Å². The molecule has 0 radical (unpaired) electrons. The molecule has 0 amide bonds. The minimum atomic E-state index is 0.384. The third kappa shape index (κ3) is 3.08. The number of benzene rings is 2. The van der Waals surface area contributed by atoms with E-state index in [4.69, 9.17) is 0 Å². The number of rotatable bonds is 4. The quantitative estimate of drug-likeness (QED) is 0.761. The number of para-hydroxylation sites is 1. The molecule has 1 N–H and O–H groups in total. The average Bonchev–Trinajstić information content (AvgIpc) is 2.98. The molecule has 0 saturated heterocycles. The second-order valence-electron chi connectivity index (χ2n) is 6.88. The number of anilines is 5. The first-order valence-electron chi connectivity index (χ1n) is 8.85. The number of hydrogen-bond acceptors (Lipinski definition) is 5. The molecule has 26 heavy (non-hydrogen) atoms. The number of nitrogens with zero attached hydrogens (tertiary/aromatic N) is 4. The van der Waals surface area contributed by atoms with Crippen LogP contribution in [0.15, 0.2) is 60.9 Å². The zero-order valence-electron chi connectivity index (χ0n) is 15.3. The molecule has 1 atom stereocenters. The van der Waals surface area contributed by atoms with Crippen LogP contribution in [0.2, 0.25) is 0 Å². The van der Waals surface area contributed by atoms with Crippen molar-refractivity contribution < 1.29 is 0 Å². The average molecular weight is 345 g/mol. The fraction of sp³-hybridized carbons (Fsp3) is 0.238. The molecule has 132 valence electrons. The number of hydrogen-bond donors (Lipinski definition) is 1. The highest BCUT2D eigenvalue weighted by molar-refractivity contribution is 5.71. The lowest BCUT2D eigenvalue weighted by Gasteiger charge is -2.24. The Bertz CT molecular complexity index is 904. The second-order valence-corrected chi connectivity index (χ2v) is 6.88. The van der Waals surface area contributed by atoms with Crippen molar-refractivity contribution in [3.05, 3.63) is 66.5 Å². The summed E-state index contributed by atoms with van der Waals surface area (Å²) in [6.07, 6.45) is 2.66. The van der Waals surface area contributed by atoms with Crippen LogP contribution in [0.25, 0.3) is 0 Å². The molecule has 2 heterocycles. The summed E-state index contributed by atoms with van der Waals surface area (Å²) in [5.41, 5.74) is 4.78. The SMILES string of the molecule is CC1Cc2ccccc2N1c1cc(Nc2ccc(N(C)C)cc2)ncn1. The van der Waals surface area contributed by atoms with Crippen molar-refractivity contribution >= 4 is 28.7 Å². The highest BCUT2D eigenvalue weighted by atomic mass is 15.2. The van der Waals surface area contributed by atoms with Gasteiger partial charge < -0.3 is 15.1 Å². The molecule has 2 aromatic carbocycles. The van der Waals surface area contributed by atoms with Gasteiger partial charge in [0, 0.05) is 43.3 Å². The molecule has 0 saturated carbocycles. The van der Waals surface area contributed by atoms with Gasteiger partial charge >= 0.3 is 0 Å². The summed E-state index contributed by atoms with van der Waals surface area (Å²) in [6.45, 7) is 2.23. The van der Waals surface area contributed by atoms with Gasteiger partial charge in [0.05, 0.1) is 0 Å². The van der Waals surface area contributed by atoms with Crippen LogP contribution in [-0.4, -0.2) is 30.1 Å². The van der Waals surface area contributed by atoms with E-state index in [9.17, 15) is 0 Å². The first kappa shape index (κ1) is 16.4. The Balaban J connectivity index is 1.59. The van der Waals surface area contributed by atoms with Crippen LogP contribution >= 0.6 is 0 Å². The lowest BCUT2D eigenvalue weighted by molar-refractivity contribution is 0.749. The summed E-state index contributed by atoms with van der Waals surface area (Å²) in [6, 6.07) is 19.2. The molecule has 1 aromatic heterocycles. The molecule has 0 fully saturated rings. The Morgan fingerprint density at radius 3 is 2.58 bits per heavy atom. The van der Waals surface area contributed by atoms with E-state index in [0.717, 1.165) is 23.7 Å². The molecule has 0 bridgehead atoms. The summed E-state index contributed by atoms with van der Waals surface area (Å²) in [4.78, 5) is 13.3. The van der Waals surface area contributed by atoms with Gasteiger partial charge in [-0.2, -0.15) is 0 Å². The fourth-order valence-corrected chi connectivity index (χ4v) is 3.45. The van der Waals surface area contributed by atoms with E-state index in [1.54, 1.807) is 6.33 Å². The summed E-state index contributed by atoms with van der Waals surface area (Å²) in [5, 5.41) is 3.38. The molecule has 0 spiro atoms. The van der Waals surface area contributed by atoms with Crippen LogP contribution in [0, 0.1) is 0 Å². The molecule has 1 unspecified atom stereocenters. The van der Waals surface area contributed by atoms with Gasteiger partial charge in [0.15, 0.2) is 0 Å². The maximum absolute atomic E-state index is 4.52. The van der Waals surface area contributed by atoms with Crippen LogP contribution in [0.3, 0.4) is 0 Å². The molecule has 5 nitrogen and oxygen atoms in total. The highest BCUT2D eigenvalue weighted by Crippen LogP contribution is 2.37. The van der Waals surface area contributed by atoms with Gasteiger partial charge in [-0.1, -0.05) is 18.2 Å². The smallest absolute Gasteiger partial charge is 0.138 e. The Labute approximate surface area is 154 Å². The van der Waals surface area contributed by atoms with Crippen molar-refractivity contribution in [2.45, 2.75) is 19.4 Å². The molecular formula is C21H23N5. The van der Waals surface area contributed by atoms with Gasteiger partial charge in [-0.05, 0) is 49.2 Å². The van der Waals surface area contributed by atoms with Gasteiger partial charge in [0.25, 0.3) is 0 Å². The third-order valence-electron chi connectivity index (χ3n) is 4.76. The lowest BCUT2D eigenvalue weighted by atomic mass is 10.1.